The molecule has 4 aromatic rings. The van der Waals surface area contributed by atoms with Crippen molar-refractivity contribution in [3.05, 3.63) is 71.4 Å². The lowest BCUT2D eigenvalue weighted by molar-refractivity contribution is 0.0692. The van der Waals surface area contributed by atoms with Crippen molar-refractivity contribution in [3.8, 4) is 22.8 Å². The summed E-state index contributed by atoms with van der Waals surface area (Å²) in [5.74, 6) is 1.76. The summed E-state index contributed by atoms with van der Waals surface area (Å²) in [6.45, 7) is 3.22. The quantitative estimate of drug-likeness (QED) is 0.303. The predicted molar refractivity (Wildman–Crippen MR) is 162 cm³/mol. The van der Waals surface area contributed by atoms with Crippen LogP contribution in [0.4, 0.5) is 0 Å². The molecule has 2 aromatic heterocycles. The maximum Gasteiger partial charge on any atom is 0.254 e. The Bertz CT molecular complexity index is 1730. The van der Waals surface area contributed by atoms with Gasteiger partial charge in [0, 0.05) is 18.7 Å². The molecular weight excluding hydrogens is 552 g/mol. The lowest BCUT2D eigenvalue weighted by Crippen LogP contribution is -2.39. The largest absolute Gasteiger partial charge is 0.493 e. The normalized spacial score (nSPS) is 18.8. The van der Waals surface area contributed by atoms with Crippen LogP contribution in [0.25, 0.3) is 22.3 Å². The standard InChI is InChI=1S/C32H36N4O5S/c1-21-30-26(32(37)35-14-11-23(12-15-35)17-22-7-5-4-6-8-22)19-27(24-9-10-28(40-2)29(18-24)41-3)33-31(30)36(34-21)25-13-16-42(38,39)20-25/h4-10,18-19,23,25H,11-17,20H2,1-3H3. The second-order valence-corrected chi connectivity index (χ2v) is 13.6. The van der Waals surface area contributed by atoms with E-state index in [9.17, 15) is 13.2 Å². The summed E-state index contributed by atoms with van der Waals surface area (Å²) in [5, 5.41) is 5.44. The molecule has 10 heteroatoms. The summed E-state index contributed by atoms with van der Waals surface area (Å²) < 4.78 is 37.4. The second-order valence-electron chi connectivity index (χ2n) is 11.3. The number of aromatic nitrogens is 3. The van der Waals surface area contributed by atoms with Gasteiger partial charge in [-0.1, -0.05) is 30.3 Å². The molecule has 0 bridgehead atoms. The molecule has 0 spiro atoms. The van der Waals surface area contributed by atoms with E-state index >= 15 is 0 Å². The third-order valence-electron chi connectivity index (χ3n) is 8.57. The van der Waals surface area contributed by atoms with E-state index in [4.69, 9.17) is 19.6 Å². The van der Waals surface area contributed by atoms with Crippen LogP contribution in [0.3, 0.4) is 0 Å². The number of aryl methyl sites for hydroxylation is 1. The third kappa shape index (κ3) is 5.47. The molecule has 2 aromatic carbocycles. The molecule has 220 valence electrons. The van der Waals surface area contributed by atoms with Crippen LogP contribution in [0.5, 0.6) is 11.5 Å². The fourth-order valence-corrected chi connectivity index (χ4v) is 8.00. The average molecular weight is 589 g/mol. The van der Waals surface area contributed by atoms with Gasteiger partial charge in [0.2, 0.25) is 0 Å². The van der Waals surface area contributed by atoms with Crippen LogP contribution >= 0.6 is 0 Å². The number of amides is 1. The monoisotopic (exact) mass is 588 g/mol. The first-order valence-corrected chi connectivity index (χ1v) is 16.2. The van der Waals surface area contributed by atoms with Gasteiger partial charge in [-0.15, -0.1) is 0 Å². The highest BCUT2D eigenvalue weighted by atomic mass is 32.2. The number of methoxy groups -OCH3 is 2. The summed E-state index contributed by atoms with van der Waals surface area (Å²) in [6, 6.07) is 17.6. The van der Waals surface area contributed by atoms with Crippen molar-refractivity contribution in [2.24, 2.45) is 5.92 Å². The minimum Gasteiger partial charge on any atom is -0.493 e. The Morgan fingerprint density at radius 1 is 0.976 bits per heavy atom. The van der Waals surface area contributed by atoms with Crippen molar-refractivity contribution in [3.63, 3.8) is 0 Å². The number of hydrogen-bond acceptors (Lipinski definition) is 7. The maximum atomic E-state index is 14.2. The zero-order valence-corrected chi connectivity index (χ0v) is 25.1. The predicted octanol–water partition coefficient (Wildman–Crippen LogP) is 4.88. The highest BCUT2D eigenvalue weighted by Gasteiger charge is 2.33. The van der Waals surface area contributed by atoms with E-state index in [2.05, 4.69) is 24.3 Å². The van der Waals surface area contributed by atoms with E-state index in [-0.39, 0.29) is 23.5 Å². The van der Waals surface area contributed by atoms with Gasteiger partial charge in [0.1, 0.15) is 0 Å². The average Bonchev–Trinajstić information content (AvgIpc) is 3.55. The molecule has 4 heterocycles. The van der Waals surface area contributed by atoms with E-state index in [0.717, 1.165) is 24.8 Å². The number of sulfone groups is 1. The van der Waals surface area contributed by atoms with Crippen molar-refractivity contribution >= 4 is 26.8 Å². The van der Waals surface area contributed by atoms with Crippen LogP contribution in [0, 0.1) is 12.8 Å². The van der Waals surface area contributed by atoms with Crippen LogP contribution in [0.2, 0.25) is 0 Å². The van der Waals surface area contributed by atoms with Crippen molar-refractivity contribution < 1.29 is 22.7 Å². The molecule has 2 saturated heterocycles. The Hall–Kier alpha value is -3.92. The molecule has 42 heavy (non-hydrogen) atoms. The van der Waals surface area contributed by atoms with E-state index < -0.39 is 9.84 Å². The molecule has 2 fully saturated rings. The van der Waals surface area contributed by atoms with E-state index in [1.807, 2.05) is 42.2 Å². The summed E-state index contributed by atoms with van der Waals surface area (Å²) >= 11 is 0. The van der Waals surface area contributed by atoms with Crippen molar-refractivity contribution in [2.75, 3.05) is 38.8 Å². The summed E-state index contributed by atoms with van der Waals surface area (Å²) in [5.41, 5.74) is 4.42. The number of carbonyl (C=O) groups excluding carboxylic acids is 1. The number of benzene rings is 2. The summed E-state index contributed by atoms with van der Waals surface area (Å²) in [6.07, 6.45) is 3.37. The minimum atomic E-state index is -3.15. The first-order chi connectivity index (χ1) is 20.3. The van der Waals surface area contributed by atoms with Crippen LogP contribution in [-0.4, -0.2) is 72.8 Å². The highest BCUT2D eigenvalue weighted by molar-refractivity contribution is 7.91. The van der Waals surface area contributed by atoms with Crippen LogP contribution in [0.15, 0.2) is 54.6 Å². The van der Waals surface area contributed by atoms with Crippen molar-refractivity contribution in [1.82, 2.24) is 19.7 Å². The fraction of sp³-hybridized carbons (Fsp3) is 0.406. The number of carbonyl (C=O) groups is 1. The molecule has 1 atom stereocenters. The Morgan fingerprint density at radius 3 is 2.38 bits per heavy atom. The lowest BCUT2D eigenvalue weighted by Gasteiger charge is -2.32. The van der Waals surface area contributed by atoms with Gasteiger partial charge in [-0.3, -0.25) is 4.79 Å². The first kappa shape index (κ1) is 28.2. The van der Waals surface area contributed by atoms with Crippen molar-refractivity contribution in [2.45, 2.75) is 38.6 Å². The molecule has 2 aliphatic heterocycles. The zero-order chi connectivity index (χ0) is 29.4. The number of nitrogens with zero attached hydrogens (tertiary/aromatic N) is 4. The molecule has 9 nitrogen and oxygen atoms in total. The van der Waals surface area contributed by atoms with Gasteiger partial charge in [-0.05, 0) is 68.4 Å². The van der Waals surface area contributed by atoms with Gasteiger partial charge >= 0.3 is 0 Å². The molecule has 0 N–H and O–H groups in total. The molecule has 0 radical (unpaired) electrons. The molecule has 0 saturated carbocycles. The molecule has 1 unspecified atom stereocenters. The molecular formula is C32H36N4O5S. The minimum absolute atomic E-state index is 0.0176. The third-order valence-corrected chi connectivity index (χ3v) is 10.3. The fourth-order valence-electron chi connectivity index (χ4n) is 6.31. The summed E-state index contributed by atoms with van der Waals surface area (Å²) in [4.78, 5) is 21.1. The smallest absolute Gasteiger partial charge is 0.254 e. The van der Waals surface area contributed by atoms with E-state index in [1.54, 1.807) is 18.9 Å². The zero-order valence-electron chi connectivity index (χ0n) is 24.2. The SMILES string of the molecule is COc1ccc(-c2cc(C(=O)N3CCC(Cc4ccccc4)CC3)c3c(C)nn(C4CCS(=O)(=O)C4)c3n2)cc1OC. The number of piperidine rings is 1. The number of hydrogen-bond donors (Lipinski definition) is 0. The topological polar surface area (TPSA) is 104 Å². The molecule has 1 amide bonds. The van der Waals surface area contributed by atoms with E-state index in [0.29, 0.717) is 64.9 Å². The van der Waals surface area contributed by atoms with Gasteiger partial charge in [0.25, 0.3) is 5.91 Å². The first-order valence-electron chi connectivity index (χ1n) is 14.4. The highest BCUT2D eigenvalue weighted by Crippen LogP contribution is 2.36. The molecule has 0 aliphatic carbocycles. The van der Waals surface area contributed by atoms with Gasteiger partial charge < -0.3 is 14.4 Å². The number of pyridine rings is 1. The lowest BCUT2D eigenvalue weighted by atomic mass is 9.90. The maximum absolute atomic E-state index is 14.2. The Balaban J connectivity index is 1.38. The Morgan fingerprint density at radius 2 is 1.71 bits per heavy atom. The van der Waals surface area contributed by atoms with Gasteiger partial charge in [-0.2, -0.15) is 5.10 Å². The van der Waals surface area contributed by atoms with E-state index in [1.165, 1.54) is 5.56 Å². The van der Waals surface area contributed by atoms with Crippen LogP contribution in [-0.2, 0) is 16.3 Å². The number of fused-ring (bicyclic) bond motifs is 1. The van der Waals surface area contributed by atoms with Gasteiger partial charge in [-0.25, -0.2) is 18.1 Å². The van der Waals surface area contributed by atoms with Gasteiger partial charge in [0.05, 0.1) is 54.1 Å². The molecule has 6 rings (SSSR count). The Labute approximate surface area is 246 Å². The number of ether oxygens (including phenoxy) is 2. The van der Waals surface area contributed by atoms with Crippen LogP contribution < -0.4 is 9.47 Å². The van der Waals surface area contributed by atoms with Crippen molar-refractivity contribution in [1.29, 1.82) is 0 Å². The number of likely N-dealkylation sites (tertiary alicyclic amines) is 1. The Kier molecular flexibility index (Phi) is 7.66. The van der Waals surface area contributed by atoms with Crippen LogP contribution in [0.1, 0.15) is 46.9 Å². The number of rotatable bonds is 7. The second kappa shape index (κ2) is 11.4. The van der Waals surface area contributed by atoms with Gasteiger partial charge in [0.15, 0.2) is 27.0 Å². The molecule has 2 aliphatic rings. The summed E-state index contributed by atoms with van der Waals surface area (Å²) in [7, 11) is 0.0112.